The van der Waals surface area contributed by atoms with Crippen molar-refractivity contribution in [3.8, 4) is 0 Å². The number of carbonyl (C=O) groups is 2. The topological polar surface area (TPSA) is 43.9 Å². The maximum Gasteiger partial charge on any atom is 0.225 e. The Morgan fingerprint density at radius 3 is 2.00 bits per heavy atom. The molecule has 3 rings (SSSR count). The monoisotopic (exact) mass is 377 g/mol. The molecule has 1 saturated carbocycles. The molecule has 0 aromatic carbocycles. The number of hydrogen-bond donors (Lipinski definition) is 0. The van der Waals surface area contributed by atoms with Crippen molar-refractivity contribution in [2.24, 2.45) is 17.8 Å². The maximum atomic E-state index is 12.8. The van der Waals surface area contributed by atoms with Crippen molar-refractivity contribution >= 4 is 11.7 Å². The molecule has 2 heterocycles. The average molecular weight is 378 g/mol. The molecule has 27 heavy (non-hydrogen) atoms. The Labute approximate surface area is 165 Å². The molecular weight excluding hydrogens is 338 g/mol. The van der Waals surface area contributed by atoms with E-state index in [0.717, 1.165) is 44.7 Å². The number of ketones is 1. The van der Waals surface area contributed by atoms with Crippen LogP contribution in [0.25, 0.3) is 0 Å². The van der Waals surface area contributed by atoms with Gasteiger partial charge in [0.25, 0.3) is 0 Å². The molecule has 0 bridgehead atoms. The van der Waals surface area contributed by atoms with Gasteiger partial charge in [0.05, 0.1) is 0 Å². The van der Waals surface area contributed by atoms with Gasteiger partial charge in [-0.15, -0.1) is 0 Å². The Kier molecular flexibility index (Phi) is 7.71. The van der Waals surface area contributed by atoms with E-state index in [1.165, 1.54) is 58.4 Å². The number of hydrogen-bond acceptors (Lipinski definition) is 4. The molecule has 2 aliphatic heterocycles. The van der Waals surface area contributed by atoms with E-state index in [-0.39, 0.29) is 11.8 Å². The van der Waals surface area contributed by atoms with E-state index in [0.29, 0.717) is 11.7 Å². The first-order valence-electron chi connectivity index (χ1n) is 11.2. The number of nitrogens with zero attached hydrogens (tertiary/aromatic N) is 3. The minimum atomic E-state index is 0.175. The summed E-state index contributed by atoms with van der Waals surface area (Å²) in [5.74, 6) is 1.86. The third-order valence-corrected chi connectivity index (χ3v) is 7.26. The van der Waals surface area contributed by atoms with Gasteiger partial charge in [-0.2, -0.15) is 0 Å². The van der Waals surface area contributed by atoms with Gasteiger partial charge < -0.3 is 14.7 Å². The van der Waals surface area contributed by atoms with Gasteiger partial charge in [-0.05, 0) is 77.8 Å². The lowest BCUT2D eigenvalue weighted by atomic mass is 9.79. The van der Waals surface area contributed by atoms with Crippen LogP contribution in [0.4, 0.5) is 0 Å². The van der Waals surface area contributed by atoms with E-state index < -0.39 is 0 Å². The highest BCUT2D eigenvalue weighted by atomic mass is 16.2. The Balaban J connectivity index is 1.30. The van der Waals surface area contributed by atoms with E-state index in [4.69, 9.17) is 0 Å². The summed E-state index contributed by atoms with van der Waals surface area (Å²) >= 11 is 0. The summed E-state index contributed by atoms with van der Waals surface area (Å²) in [6.45, 7) is 9.68. The third-order valence-electron chi connectivity index (χ3n) is 7.26. The van der Waals surface area contributed by atoms with Crippen LogP contribution in [0.1, 0.15) is 58.3 Å². The largest absolute Gasteiger partial charge is 0.342 e. The predicted molar refractivity (Wildman–Crippen MR) is 109 cm³/mol. The first-order valence-corrected chi connectivity index (χ1v) is 11.2. The first-order chi connectivity index (χ1) is 13.0. The highest BCUT2D eigenvalue weighted by molar-refractivity contribution is 5.81. The van der Waals surface area contributed by atoms with E-state index >= 15 is 0 Å². The Morgan fingerprint density at radius 2 is 1.41 bits per heavy atom. The molecule has 3 aliphatic rings. The zero-order valence-corrected chi connectivity index (χ0v) is 17.5. The number of Topliss-reactive ketones (excluding diaryl/α,β-unsaturated/α-hetero) is 1. The van der Waals surface area contributed by atoms with Crippen molar-refractivity contribution in [2.75, 3.05) is 52.9 Å². The Bertz CT molecular complexity index is 486. The Morgan fingerprint density at radius 1 is 0.815 bits per heavy atom. The standard InChI is InChI=1S/C22H39N3O2/c1-18(26)20-5-7-21(8-6-20)22(27)25-12-9-19(10-13-25)4-3-11-24-16-14-23(2)15-17-24/h19-21H,3-17H2,1-2H3. The second-order valence-electron chi connectivity index (χ2n) is 9.22. The van der Waals surface area contributed by atoms with E-state index in [2.05, 4.69) is 21.7 Å². The number of piperazine rings is 1. The van der Waals surface area contributed by atoms with Crippen molar-refractivity contribution in [3.05, 3.63) is 0 Å². The zero-order chi connectivity index (χ0) is 19.2. The molecule has 3 fully saturated rings. The van der Waals surface area contributed by atoms with Gasteiger partial charge in [-0.25, -0.2) is 0 Å². The summed E-state index contributed by atoms with van der Waals surface area (Å²) in [5, 5.41) is 0. The lowest BCUT2D eigenvalue weighted by Crippen LogP contribution is -2.45. The molecule has 0 aromatic heterocycles. The van der Waals surface area contributed by atoms with Crippen molar-refractivity contribution in [3.63, 3.8) is 0 Å². The maximum absolute atomic E-state index is 12.8. The quantitative estimate of drug-likeness (QED) is 0.714. The molecule has 0 radical (unpaired) electrons. The number of piperidine rings is 1. The summed E-state index contributed by atoms with van der Waals surface area (Å²) in [4.78, 5) is 31.5. The second kappa shape index (κ2) is 10.0. The van der Waals surface area contributed by atoms with Gasteiger partial charge in [0.2, 0.25) is 5.91 Å². The van der Waals surface area contributed by atoms with E-state index in [1.807, 2.05) is 0 Å². The number of likely N-dealkylation sites (tertiary alicyclic amines) is 1. The average Bonchev–Trinajstić information content (AvgIpc) is 2.69. The number of carbonyl (C=O) groups excluding carboxylic acids is 2. The van der Waals surface area contributed by atoms with E-state index in [1.54, 1.807) is 6.92 Å². The fourth-order valence-corrected chi connectivity index (χ4v) is 5.12. The summed E-state index contributed by atoms with van der Waals surface area (Å²) < 4.78 is 0. The fraction of sp³-hybridized carbons (Fsp3) is 0.909. The van der Waals surface area contributed by atoms with Gasteiger partial charge in [0.1, 0.15) is 5.78 Å². The smallest absolute Gasteiger partial charge is 0.225 e. The minimum Gasteiger partial charge on any atom is -0.342 e. The molecule has 0 spiro atoms. The minimum absolute atomic E-state index is 0.175. The van der Waals surface area contributed by atoms with E-state index in [9.17, 15) is 9.59 Å². The molecule has 154 valence electrons. The summed E-state index contributed by atoms with van der Waals surface area (Å²) in [6.07, 6.45) is 8.62. The van der Waals surface area contributed by atoms with Gasteiger partial charge in [-0.3, -0.25) is 9.59 Å². The van der Waals surface area contributed by atoms with Crippen LogP contribution in [-0.2, 0) is 9.59 Å². The van der Waals surface area contributed by atoms with Crippen molar-refractivity contribution in [1.82, 2.24) is 14.7 Å². The third kappa shape index (κ3) is 6.02. The lowest BCUT2D eigenvalue weighted by Gasteiger charge is -2.36. The molecule has 2 saturated heterocycles. The van der Waals surface area contributed by atoms with Crippen LogP contribution in [0, 0.1) is 17.8 Å². The molecule has 0 aromatic rings. The van der Waals surface area contributed by atoms with Gasteiger partial charge in [-0.1, -0.05) is 0 Å². The van der Waals surface area contributed by atoms with Gasteiger partial charge >= 0.3 is 0 Å². The summed E-state index contributed by atoms with van der Waals surface area (Å²) in [7, 11) is 2.21. The van der Waals surface area contributed by atoms with Crippen LogP contribution in [0.3, 0.4) is 0 Å². The van der Waals surface area contributed by atoms with Crippen molar-refractivity contribution in [2.45, 2.75) is 58.3 Å². The predicted octanol–water partition coefficient (Wildman–Crippen LogP) is 2.65. The van der Waals surface area contributed by atoms with Crippen LogP contribution >= 0.6 is 0 Å². The summed E-state index contributed by atoms with van der Waals surface area (Å²) in [6, 6.07) is 0. The van der Waals surface area contributed by atoms with Crippen LogP contribution in [0.5, 0.6) is 0 Å². The molecule has 5 heteroatoms. The normalized spacial score (nSPS) is 29.0. The summed E-state index contributed by atoms with van der Waals surface area (Å²) in [5.41, 5.74) is 0. The van der Waals surface area contributed by atoms with Crippen LogP contribution in [-0.4, -0.2) is 79.3 Å². The first kappa shape index (κ1) is 20.8. The number of likely N-dealkylation sites (N-methyl/N-ethyl adjacent to an activating group) is 1. The molecule has 0 atom stereocenters. The SMILES string of the molecule is CC(=O)C1CCC(C(=O)N2CCC(CCCN3CCN(C)CC3)CC2)CC1. The number of amides is 1. The van der Waals surface area contributed by atoms with Gasteiger partial charge in [0, 0.05) is 51.1 Å². The Hall–Kier alpha value is -0.940. The molecule has 1 aliphatic carbocycles. The van der Waals surface area contributed by atoms with Gasteiger partial charge in [0.15, 0.2) is 0 Å². The van der Waals surface area contributed by atoms with Crippen LogP contribution in [0.2, 0.25) is 0 Å². The van der Waals surface area contributed by atoms with Crippen LogP contribution < -0.4 is 0 Å². The molecule has 1 amide bonds. The molecule has 0 unspecified atom stereocenters. The fourth-order valence-electron chi connectivity index (χ4n) is 5.12. The second-order valence-corrected chi connectivity index (χ2v) is 9.22. The molecular formula is C22H39N3O2. The van der Waals surface area contributed by atoms with Crippen LogP contribution in [0.15, 0.2) is 0 Å². The number of rotatable bonds is 6. The van der Waals surface area contributed by atoms with Crippen molar-refractivity contribution < 1.29 is 9.59 Å². The molecule has 5 nitrogen and oxygen atoms in total. The highest BCUT2D eigenvalue weighted by Crippen LogP contribution is 2.32. The van der Waals surface area contributed by atoms with Crippen molar-refractivity contribution in [1.29, 1.82) is 0 Å². The zero-order valence-electron chi connectivity index (χ0n) is 17.5. The highest BCUT2D eigenvalue weighted by Gasteiger charge is 2.32. The lowest BCUT2D eigenvalue weighted by molar-refractivity contribution is -0.139. The molecule has 0 N–H and O–H groups in total.